The number of carboxylic acids is 1. The van der Waals surface area contributed by atoms with Crippen LogP contribution in [0.5, 0.6) is 0 Å². The molecule has 16 heavy (non-hydrogen) atoms. The lowest BCUT2D eigenvalue weighted by molar-refractivity contribution is -0.152. The number of aliphatic carboxylic acids is 1. The molecule has 0 saturated heterocycles. The van der Waals surface area contributed by atoms with Gasteiger partial charge in [0.25, 0.3) is 0 Å². The number of carboxylic acid groups (broad SMARTS) is 1. The molecule has 1 atom stereocenters. The molecule has 4 nitrogen and oxygen atoms in total. The van der Waals surface area contributed by atoms with E-state index >= 15 is 0 Å². The van der Waals surface area contributed by atoms with Gasteiger partial charge < -0.3 is 9.84 Å². The number of rotatable bonds is 4. The number of hydrogen-bond acceptors (Lipinski definition) is 3. The minimum absolute atomic E-state index is 0.590. The van der Waals surface area contributed by atoms with Gasteiger partial charge in [-0.05, 0) is 24.1 Å². The van der Waals surface area contributed by atoms with Gasteiger partial charge in [0.15, 0.2) is 6.10 Å². The Balaban J connectivity index is 3.19. The molecular weight excluding hydrogens is 206 g/mol. The van der Waals surface area contributed by atoms with Crippen LogP contribution in [-0.4, -0.2) is 29.3 Å². The van der Waals surface area contributed by atoms with E-state index in [1.807, 2.05) is 26.8 Å². The zero-order valence-corrected chi connectivity index (χ0v) is 10.0. The number of methoxy groups -OCH3 is 1. The predicted molar refractivity (Wildman–Crippen MR) is 60.4 cm³/mol. The van der Waals surface area contributed by atoms with Gasteiger partial charge in [-0.15, -0.1) is 0 Å². The van der Waals surface area contributed by atoms with Crippen LogP contribution in [0.25, 0.3) is 0 Å². The summed E-state index contributed by atoms with van der Waals surface area (Å²) in [6, 6.07) is 1.84. The Kier molecular flexibility index (Phi) is 3.65. The summed E-state index contributed by atoms with van der Waals surface area (Å²) in [5.74, 6) is -0.955. The standard InChI is InChI=1S/C12H17NO3/c1-8-7-13-6-5-9(8)12(2,3)10(16-4)11(14)15/h5-7,10H,1-4H3,(H,14,15). The average Bonchev–Trinajstić information content (AvgIpc) is 2.17. The molecule has 1 heterocycles. The molecule has 1 aromatic heterocycles. The van der Waals surface area contributed by atoms with Crippen LogP contribution in [-0.2, 0) is 14.9 Å². The van der Waals surface area contributed by atoms with Gasteiger partial charge in [0.1, 0.15) is 0 Å². The molecule has 0 aromatic carbocycles. The van der Waals surface area contributed by atoms with Gasteiger partial charge in [-0.25, -0.2) is 4.79 Å². The Hall–Kier alpha value is -1.42. The summed E-state index contributed by atoms with van der Waals surface area (Å²) < 4.78 is 5.07. The molecule has 1 unspecified atom stereocenters. The highest BCUT2D eigenvalue weighted by molar-refractivity contribution is 5.75. The Morgan fingerprint density at radius 1 is 1.56 bits per heavy atom. The van der Waals surface area contributed by atoms with Crippen molar-refractivity contribution in [1.29, 1.82) is 0 Å². The van der Waals surface area contributed by atoms with Crippen LogP contribution in [0, 0.1) is 6.92 Å². The molecule has 0 fully saturated rings. The molecule has 0 bridgehead atoms. The van der Waals surface area contributed by atoms with Crippen molar-refractivity contribution < 1.29 is 14.6 Å². The van der Waals surface area contributed by atoms with Gasteiger partial charge in [0.05, 0.1) is 0 Å². The van der Waals surface area contributed by atoms with Crippen molar-refractivity contribution in [2.24, 2.45) is 0 Å². The molecule has 4 heteroatoms. The summed E-state index contributed by atoms with van der Waals surface area (Å²) in [6.07, 6.45) is 2.53. The van der Waals surface area contributed by atoms with Crippen LogP contribution < -0.4 is 0 Å². The maximum atomic E-state index is 11.1. The minimum Gasteiger partial charge on any atom is -0.479 e. The largest absolute Gasteiger partial charge is 0.479 e. The van der Waals surface area contributed by atoms with Gasteiger partial charge in [0.2, 0.25) is 0 Å². The van der Waals surface area contributed by atoms with Crippen LogP contribution in [0.1, 0.15) is 25.0 Å². The second-order valence-corrected chi connectivity index (χ2v) is 4.37. The fraction of sp³-hybridized carbons (Fsp3) is 0.500. The van der Waals surface area contributed by atoms with E-state index < -0.39 is 17.5 Å². The molecule has 0 aliphatic carbocycles. The molecule has 0 aliphatic heterocycles. The third-order valence-electron chi connectivity index (χ3n) is 2.83. The van der Waals surface area contributed by atoms with Crippen LogP contribution >= 0.6 is 0 Å². The van der Waals surface area contributed by atoms with Crippen molar-refractivity contribution in [3.63, 3.8) is 0 Å². The predicted octanol–water partition coefficient (Wildman–Crippen LogP) is 1.77. The first-order chi connectivity index (χ1) is 7.41. The molecule has 0 amide bonds. The Bertz CT molecular complexity index is 388. The van der Waals surface area contributed by atoms with Gasteiger partial charge in [-0.2, -0.15) is 0 Å². The van der Waals surface area contributed by atoms with Crippen molar-refractivity contribution in [3.05, 3.63) is 29.6 Å². The molecule has 0 saturated carbocycles. The number of pyridine rings is 1. The van der Waals surface area contributed by atoms with E-state index in [-0.39, 0.29) is 0 Å². The molecule has 0 radical (unpaired) electrons. The monoisotopic (exact) mass is 223 g/mol. The number of hydrogen-bond donors (Lipinski definition) is 1. The topological polar surface area (TPSA) is 59.4 Å². The second-order valence-electron chi connectivity index (χ2n) is 4.37. The highest BCUT2D eigenvalue weighted by Gasteiger charge is 2.37. The molecule has 1 aromatic rings. The first-order valence-electron chi connectivity index (χ1n) is 5.08. The van der Waals surface area contributed by atoms with E-state index in [2.05, 4.69) is 4.98 Å². The van der Waals surface area contributed by atoms with E-state index in [0.717, 1.165) is 11.1 Å². The number of ether oxygens (including phenoxy) is 1. The van der Waals surface area contributed by atoms with Crippen molar-refractivity contribution in [2.75, 3.05) is 7.11 Å². The first kappa shape index (κ1) is 12.6. The minimum atomic E-state index is -0.955. The Labute approximate surface area is 95.3 Å². The Morgan fingerprint density at radius 2 is 2.19 bits per heavy atom. The third kappa shape index (κ3) is 2.22. The SMILES string of the molecule is COC(C(=O)O)C(C)(C)c1ccncc1C. The highest BCUT2D eigenvalue weighted by atomic mass is 16.5. The van der Waals surface area contributed by atoms with Crippen molar-refractivity contribution >= 4 is 5.97 Å². The van der Waals surface area contributed by atoms with E-state index in [4.69, 9.17) is 9.84 Å². The van der Waals surface area contributed by atoms with E-state index in [1.165, 1.54) is 7.11 Å². The quantitative estimate of drug-likeness (QED) is 0.845. The smallest absolute Gasteiger partial charge is 0.333 e. The molecule has 88 valence electrons. The van der Waals surface area contributed by atoms with Crippen LogP contribution in [0.4, 0.5) is 0 Å². The van der Waals surface area contributed by atoms with Gasteiger partial charge in [-0.1, -0.05) is 13.8 Å². The van der Waals surface area contributed by atoms with Crippen LogP contribution in [0.3, 0.4) is 0 Å². The fourth-order valence-electron chi connectivity index (χ4n) is 2.04. The summed E-state index contributed by atoms with van der Waals surface area (Å²) >= 11 is 0. The van der Waals surface area contributed by atoms with E-state index in [1.54, 1.807) is 12.4 Å². The Morgan fingerprint density at radius 3 is 2.62 bits per heavy atom. The van der Waals surface area contributed by atoms with Crippen molar-refractivity contribution in [2.45, 2.75) is 32.3 Å². The molecular formula is C12H17NO3. The number of aryl methyl sites for hydroxylation is 1. The fourth-order valence-corrected chi connectivity index (χ4v) is 2.04. The van der Waals surface area contributed by atoms with Crippen molar-refractivity contribution in [3.8, 4) is 0 Å². The summed E-state index contributed by atoms with van der Waals surface area (Å²) in [6.45, 7) is 5.63. The molecule has 0 aliphatic rings. The lowest BCUT2D eigenvalue weighted by Gasteiger charge is -2.31. The zero-order chi connectivity index (χ0) is 12.3. The lowest BCUT2D eigenvalue weighted by atomic mass is 9.78. The summed E-state index contributed by atoms with van der Waals surface area (Å²) in [7, 11) is 1.41. The van der Waals surface area contributed by atoms with Crippen LogP contribution in [0.2, 0.25) is 0 Å². The maximum absolute atomic E-state index is 11.1. The second kappa shape index (κ2) is 4.61. The summed E-state index contributed by atoms with van der Waals surface area (Å²) in [4.78, 5) is 15.1. The number of nitrogens with zero attached hydrogens (tertiary/aromatic N) is 1. The average molecular weight is 223 g/mol. The van der Waals surface area contributed by atoms with Gasteiger partial charge in [0, 0.05) is 24.9 Å². The summed E-state index contributed by atoms with van der Waals surface area (Å²) in [5, 5.41) is 9.12. The molecule has 0 spiro atoms. The summed E-state index contributed by atoms with van der Waals surface area (Å²) in [5.41, 5.74) is 1.32. The normalized spacial score (nSPS) is 13.5. The zero-order valence-electron chi connectivity index (χ0n) is 10.0. The first-order valence-corrected chi connectivity index (χ1v) is 5.08. The van der Waals surface area contributed by atoms with Crippen molar-refractivity contribution in [1.82, 2.24) is 4.98 Å². The van der Waals surface area contributed by atoms with E-state index in [9.17, 15) is 4.79 Å². The number of carbonyl (C=O) groups is 1. The number of aromatic nitrogens is 1. The van der Waals surface area contributed by atoms with E-state index in [0.29, 0.717) is 0 Å². The molecule has 1 N–H and O–H groups in total. The third-order valence-corrected chi connectivity index (χ3v) is 2.83. The molecule has 1 rings (SSSR count). The van der Waals surface area contributed by atoms with Gasteiger partial charge in [-0.3, -0.25) is 4.98 Å². The van der Waals surface area contributed by atoms with Gasteiger partial charge >= 0.3 is 5.97 Å². The maximum Gasteiger partial charge on any atom is 0.333 e. The van der Waals surface area contributed by atoms with Crippen LogP contribution in [0.15, 0.2) is 18.5 Å². The highest BCUT2D eigenvalue weighted by Crippen LogP contribution is 2.30. The lowest BCUT2D eigenvalue weighted by Crippen LogP contribution is -2.41.